The van der Waals surface area contributed by atoms with Crippen molar-refractivity contribution in [2.75, 3.05) is 40.5 Å². The van der Waals surface area contributed by atoms with E-state index in [-0.39, 0.29) is 0 Å². The first-order valence-corrected chi connectivity index (χ1v) is 6.34. The summed E-state index contributed by atoms with van der Waals surface area (Å²) in [6.07, 6.45) is 5.14. The molecule has 0 aromatic rings. The fourth-order valence-corrected chi connectivity index (χ4v) is 2.17. The largest absolute Gasteiger partial charge is 0.382 e. The average molecular weight is 230 g/mol. The molecule has 0 amide bonds. The summed E-state index contributed by atoms with van der Waals surface area (Å²) in [5, 5.41) is 6.90. The molecular weight excluding hydrogens is 204 g/mol. The highest BCUT2D eigenvalue weighted by Crippen LogP contribution is 2.17. The second-order valence-corrected chi connectivity index (χ2v) is 4.40. The van der Waals surface area contributed by atoms with Crippen LogP contribution in [0.15, 0.2) is 0 Å². The second-order valence-electron chi connectivity index (χ2n) is 4.40. The molecule has 4 nitrogen and oxygen atoms in total. The monoisotopic (exact) mass is 230 g/mol. The van der Waals surface area contributed by atoms with Gasteiger partial charge in [0, 0.05) is 25.7 Å². The zero-order chi connectivity index (χ0) is 11.6. The van der Waals surface area contributed by atoms with Gasteiger partial charge >= 0.3 is 0 Å². The third-order valence-corrected chi connectivity index (χ3v) is 3.25. The standard InChI is InChI=1S/C12H26N2O2/c1-13-11-3-5-12(6-4-11)14-7-8-16-10-9-15-2/h11-14H,3-10H2,1-2H3. The number of hydrogen-bond acceptors (Lipinski definition) is 4. The van der Waals surface area contributed by atoms with Gasteiger partial charge in [-0.2, -0.15) is 0 Å². The van der Waals surface area contributed by atoms with Crippen molar-refractivity contribution in [1.82, 2.24) is 10.6 Å². The van der Waals surface area contributed by atoms with Crippen LogP contribution in [0.3, 0.4) is 0 Å². The highest BCUT2D eigenvalue weighted by molar-refractivity contribution is 4.79. The van der Waals surface area contributed by atoms with Crippen LogP contribution in [0.4, 0.5) is 0 Å². The predicted octanol–water partition coefficient (Wildman–Crippen LogP) is 0.770. The van der Waals surface area contributed by atoms with Gasteiger partial charge in [-0.25, -0.2) is 0 Å². The quantitative estimate of drug-likeness (QED) is 0.604. The van der Waals surface area contributed by atoms with Crippen LogP contribution in [0.2, 0.25) is 0 Å². The maximum absolute atomic E-state index is 5.41. The molecule has 16 heavy (non-hydrogen) atoms. The molecule has 0 unspecified atom stereocenters. The van der Waals surface area contributed by atoms with Crippen molar-refractivity contribution in [3.63, 3.8) is 0 Å². The van der Waals surface area contributed by atoms with Crippen LogP contribution in [0.5, 0.6) is 0 Å². The molecule has 0 atom stereocenters. The molecule has 0 saturated heterocycles. The highest BCUT2D eigenvalue weighted by Gasteiger charge is 2.18. The number of hydrogen-bond donors (Lipinski definition) is 2. The van der Waals surface area contributed by atoms with Gasteiger partial charge in [0.2, 0.25) is 0 Å². The smallest absolute Gasteiger partial charge is 0.0700 e. The molecule has 0 aromatic carbocycles. The van der Waals surface area contributed by atoms with Crippen LogP contribution in [-0.2, 0) is 9.47 Å². The Kier molecular flexibility index (Phi) is 7.76. The minimum absolute atomic E-state index is 0.688. The summed E-state index contributed by atoms with van der Waals surface area (Å²) >= 11 is 0. The van der Waals surface area contributed by atoms with E-state index in [1.807, 2.05) is 0 Å². The Hall–Kier alpha value is -0.160. The van der Waals surface area contributed by atoms with Gasteiger partial charge in [0.15, 0.2) is 0 Å². The Morgan fingerprint density at radius 3 is 2.31 bits per heavy atom. The van der Waals surface area contributed by atoms with Crippen LogP contribution in [0.25, 0.3) is 0 Å². The minimum Gasteiger partial charge on any atom is -0.382 e. The van der Waals surface area contributed by atoms with Gasteiger partial charge in [-0.1, -0.05) is 0 Å². The lowest BCUT2D eigenvalue weighted by Crippen LogP contribution is -2.39. The Labute approximate surface area is 99.1 Å². The van der Waals surface area contributed by atoms with Crippen molar-refractivity contribution in [3.8, 4) is 0 Å². The minimum atomic E-state index is 0.688. The first-order chi connectivity index (χ1) is 7.86. The summed E-state index contributed by atoms with van der Waals surface area (Å²) < 4.78 is 10.3. The molecule has 0 radical (unpaired) electrons. The molecule has 96 valence electrons. The van der Waals surface area contributed by atoms with E-state index in [1.54, 1.807) is 7.11 Å². The molecule has 2 N–H and O–H groups in total. The van der Waals surface area contributed by atoms with Crippen LogP contribution >= 0.6 is 0 Å². The van der Waals surface area contributed by atoms with Gasteiger partial charge < -0.3 is 20.1 Å². The molecule has 0 spiro atoms. The molecule has 4 heteroatoms. The van der Waals surface area contributed by atoms with Gasteiger partial charge in [0.05, 0.1) is 19.8 Å². The lowest BCUT2D eigenvalue weighted by atomic mass is 9.91. The molecule has 0 aliphatic heterocycles. The van der Waals surface area contributed by atoms with E-state index in [0.717, 1.165) is 19.2 Å². The molecule has 1 saturated carbocycles. The van der Waals surface area contributed by atoms with Crippen molar-refractivity contribution in [2.24, 2.45) is 0 Å². The molecular formula is C12H26N2O2. The molecule has 0 heterocycles. The third-order valence-electron chi connectivity index (χ3n) is 3.25. The van der Waals surface area contributed by atoms with E-state index in [9.17, 15) is 0 Å². The summed E-state index contributed by atoms with van der Waals surface area (Å²) in [6.45, 7) is 3.13. The van der Waals surface area contributed by atoms with Crippen molar-refractivity contribution >= 4 is 0 Å². The summed E-state index contributed by atoms with van der Waals surface area (Å²) in [5.74, 6) is 0. The molecule has 1 aliphatic carbocycles. The fourth-order valence-electron chi connectivity index (χ4n) is 2.17. The Bertz CT molecular complexity index is 159. The van der Waals surface area contributed by atoms with Crippen molar-refractivity contribution in [1.29, 1.82) is 0 Å². The Morgan fingerprint density at radius 2 is 1.69 bits per heavy atom. The van der Waals surface area contributed by atoms with Crippen LogP contribution < -0.4 is 10.6 Å². The Balaban J connectivity index is 1.90. The van der Waals surface area contributed by atoms with E-state index < -0.39 is 0 Å². The van der Waals surface area contributed by atoms with E-state index >= 15 is 0 Å². The maximum atomic E-state index is 5.41. The third kappa shape index (κ3) is 5.80. The number of nitrogens with one attached hydrogen (secondary N) is 2. The molecule has 1 rings (SSSR count). The molecule has 0 aromatic heterocycles. The SMILES string of the molecule is CNC1CCC(NCCOCCOC)CC1. The van der Waals surface area contributed by atoms with Crippen LogP contribution in [0.1, 0.15) is 25.7 Å². The van der Waals surface area contributed by atoms with E-state index in [2.05, 4.69) is 17.7 Å². The number of methoxy groups -OCH3 is 1. The fraction of sp³-hybridized carbons (Fsp3) is 1.00. The summed E-state index contributed by atoms with van der Waals surface area (Å²) in [7, 11) is 3.75. The molecule has 1 aliphatic rings. The van der Waals surface area contributed by atoms with E-state index in [4.69, 9.17) is 9.47 Å². The number of rotatable bonds is 8. The van der Waals surface area contributed by atoms with Crippen molar-refractivity contribution in [2.45, 2.75) is 37.8 Å². The first kappa shape index (κ1) is 13.9. The summed E-state index contributed by atoms with van der Waals surface area (Å²) in [4.78, 5) is 0. The van der Waals surface area contributed by atoms with Crippen LogP contribution in [-0.4, -0.2) is 52.6 Å². The van der Waals surface area contributed by atoms with Gasteiger partial charge in [-0.3, -0.25) is 0 Å². The van der Waals surface area contributed by atoms with Gasteiger partial charge in [0.25, 0.3) is 0 Å². The molecule has 0 bridgehead atoms. The van der Waals surface area contributed by atoms with Gasteiger partial charge in [-0.05, 0) is 32.7 Å². The average Bonchev–Trinajstić information content (AvgIpc) is 2.34. The van der Waals surface area contributed by atoms with E-state index in [0.29, 0.717) is 19.3 Å². The van der Waals surface area contributed by atoms with Gasteiger partial charge in [-0.15, -0.1) is 0 Å². The normalized spacial score (nSPS) is 25.9. The van der Waals surface area contributed by atoms with Gasteiger partial charge in [0.1, 0.15) is 0 Å². The van der Waals surface area contributed by atoms with Crippen molar-refractivity contribution < 1.29 is 9.47 Å². The topological polar surface area (TPSA) is 42.5 Å². The number of ether oxygens (including phenoxy) is 2. The van der Waals surface area contributed by atoms with Crippen LogP contribution in [0, 0.1) is 0 Å². The Morgan fingerprint density at radius 1 is 1.00 bits per heavy atom. The maximum Gasteiger partial charge on any atom is 0.0700 e. The summed E-state index contributed by atoms with van der Waals surface area (Å²) in [5.41, 5.74) is 0. The lowest BCUT2D eigenvalue weighted by molar-refractivity contribution is 0.0704. The lowest BCUT2D eigenvalue weighted by Gasteiger charge is -2.28. The second kappa shape index (κ2) is 8.93. The summed E-state index contributed by atoms with van der Waals surface area (Å²) in [6, 6.07) is 1.42. The van der Waals surface area contributed by atoms with E-state index in [1.165, 1.54) is 25.7 Å². The zero-order valence-corrected chi connectivity index (χ0v) is 10.6. The first-order valence-electron chi connectivity index (χ1n) is 6.34. The zero-order valence-electron chi connectivity index (χ0n) is 10.6. The highest BCUT2D eigenvalue weighted by atomic mass is 16.5. The van der Waals surface area contributed by atoms with Crippen molar-refractivity contribution in [3.05, 3.63) is 0 Å². The molecule has 1 fully saturated rings. The predicted molar refractivity (Wildman–Crippen MR) is 65.8 cm³/mol.